The molecule has 32 heavy (non-hydrogen) atoms. The van der Waals surface area contributed by atoms with Gasteiger partial charge in [-0.05, 0) is 29.8 Å². The minimum atomic E-state index is -0.431. The molecule has 1 aliphatic rings. The van der Waals surface area contributed by atoms with Crippen molar-refractivity contribution in [3.63, 3.8) is 0 Å². The van der Waals surface area contributed by atoms with Gasteiger partial charge in [-0.2, -0.15) is 0 Å². The molecule has 6 heteroatoms. The van der Waals surface area contributed by atoms with E-state index in [1.165, 1.54) is 0 Å². The maximum Gasteiger partial charge on any atom is 0.232 e. The monoisotopic (exact) mass is 430 g/mol. The van der Waals surface area contributed by atoms with Crippen molar-refractivity contribution in [2.24, 2.45) is 5.92 Å². The molecule has 6 nitrogen and oxygen atoms in total. The second kappa shape index (κ2) is 9.56. The van der Waals surface area contributed by atoms with E-state index in [9.17, 15) is 9.59 Å². The molecule has 0 radical (unpaired) electrons. The molecule has 0 bridgehead atoms. The van der Waals surface area contributed by atoms with Gasteiger partial charge in [0.1, 0.15) is 0 Å². The van der Waals surface area contributed by atoms with Crippen LogP contribution in [0.3, 0.4) is 0 Å². The van der Waals surface area contributed by atoms with Crippen LogP contribution in [-0.4, -0.2) is 32.6 Å². The van der Waals surface area contributed by atoms with Gasteiger partial charge in [0.15, 0.2) is 11.5 Å². The summed E-state index contributed by atoms with van der Waals surface area (Å²) in [6.07, 6.45) is 0.172. The fraction of sp³-hybridized carbons (Fsp3) is 0.231. The van der Waals surface area contributed by atoms with Crippen molar-refractivity contribution in [3.8, 4) is 11.5 Å². The zero-order chi connectivity index (χ0) is 22.5. The van der Waals surface area contributed by atoms with Crippen molar-refractivity contribution in [3.05, 3.63) is 84.4 Å². The molecule has 1 atom stereocenters. The van der Waals surface area contributed by atoms with Crippen LogP contribution in [0.25, 0.3) is 0 Å². The molecule has 3 aromatic rings. The first-order valence-corrected chi connectivity index (χ1v) is 10.5. The highest BCUT2D eigenvalue weighted by Gasteiger charge is 2.38. The Kier molecular flexibility index (Phi) is 6.40. The summed E-state index contributed by atoms with van der Waals surface area (Å²) in [5.41, 5.74) is 2.54. The summed E-state index contributed by atoms with van der Waals surface area (Å²) >= 11 is 0. The van der Waals surface area contributed by atoms with Crippen LogP contribution in [0.5, 0.6) is 11.5 Å². The van der Waals surface area contributed by atoms with Gasteiger partial charge in [0.25, 0.3) is 0 Å². The van der Waals surface area contributed by atoms with Crippen LogP contribution in [0.4, 0.5) is 11.4 Å². The Morgan fingerprint density at radius 2 is 1.59 bits per heavy atom. The molecule has 0 spiro atoms. The molecule has 4 rings (SSSR count). The maximum absolute atomic E-state index is 13.6. The number of ether oxygens (including phenoxy) is 2. The average Bonchev–Trinajstić information content (AvgIpc) is 3.24. The lowest BCUT2D eigenvalue weighted by molar-refractivity contribution is -0.124. The summed E-state index contributed by atoms with van der Waals surface area (Å²) in [4.78, 5) is 29.9. The number of carbonyl (C=O) groups excluding carboxylic acids is 2. The zero-order valence-corrected chi connectivity index (χ0v) is 18.2. The molecule has 0 aliphatic carbocycles. The van der Waals surface area contributed by atoms with Crippen molar-refractivity contribution < 1.29 is 19.1 Å². The van der Waals surface area contributed by atoms with Gasteiger partial charge in [0, 0.05) is 30.4 Å². The first-order chi connectivity index (χ1) is 15.6. The van der Waals surface area contributed by atoms with Gasteiger partial charge in [-0.3, -0.25) is 9.59 Å². The molecule has 1 unspecified atom stereocenters. The molecule has 0 aromatic heterocycles. The zero-order valence-electron chi connectivity index (χ0n) is 18.2. The van der Waals surface area contributed by atoms with Gasteiger partial charge in [-0.15, -0.1) is 0 Å². The van der Waals surface area contributed by atoms with Gasteiger partial charge in [-0.1, -0.05) is 48.5 Å². The lowest BCUT2D eigenvalue weighted by Gasteiger charge is -2.26. The average molecular weight is 431 g/mol. The first-order valence-electron chi connectivity index (χ1n) is 10.5. The molecule has 164 valence electrons. The number of anilines is 2. The largest absolute Gasteiger partial charge is 0.493 e. The minimum Gasteiger partial charge on any atom is -0.493 e. The molecule has 1 saturated heterocycles. The number of carbonyl (C=O) groups is 2. The van der Waals surface area contributed by atoms with Gasteiger partial charge < -0.3 is 19.3 Å². The topological polar surface area (TPSA) is 59.1 Å². The van der Waals surface area contributed by atoms with E-state index >= 15 is 0 Å². The fourth-order valence-corrected chi connectivity index (χ4v) is 4.01. The van der Waals surface area contributed by atoms with Crippen LogP contribution in [0.1, 0.15) is 12.0 Å². The van der Waals surface area contributed by atoms with Gasteiger partial charge >= 0.3 is 0 Å². The van der Waals surface area contributed by atoms with Gasteiger partial charge in [-0.25, -0.2) is 0 Å². The van der Waals surface area contributed by atoms with Crippen LogP contribution >= 0.6 is 0 Å². The van der Waals surface area contributed by atoms with Crippen LogP contribution in [-0.2, 0) is 16.1 Å². The molecular formula is C26H26N2O4. The van der Waals surface area contributed by atoms with Crippen molar-refractivity contribution in [2.75, 3.05) is 30.6 Å². The number of rotatable bonds is 7. The highest BCUT2D eigenvalue weighted by molar-refractivity contribution is 6.04. The van der Waals surface area contributed by atoms with Crippen LogP contribution in [0.2, 0.25) is 0 Å². The van der Waals surface area contributed by atoms with E-state index in [0.29, 0.717) is 30.3 Å². The van der Waals surface area contributed by atoms with Crippen molar-refractivity contribution in [1.29, 1.82) is 0 Å². The van der Waals surface area contributed by atoms with E-state index in [4.69, 9.17) is 9.47 Å². The highest BCUT2D eigenvalue weighted by atomic mass is 16.5. The van der Waals surface area contributed by atoms with Crippen molar-refractivity contribution in [2.45, 2.75) is 13.0 Å². The SMILES string of the molecule is COc1ccc(N2CC(C(=O)N(Cc3ccccc3)c3ccccc3)CC2=O)cc1OC. The minimum absolute atomic E-state index is 0.0589. The second-order valence-electron chi connectivity index (χ2n) is 7.69. The normalized spacial score (nSPS) is 15.5. The summed E-state index contributed by atoms with van der Waals surface area (Å²) < 4.78 is 10.7. The summed E-state index contributed by atoms with van der Waals surface area (Å²) in [7, 11) is 3.12. The number of amides is 2. The standard InChI is InChI=1S/C26H26N2O4/c1-31-23-14-13-22(16-24(23)32-2)27-18-20(15-25(27)29)26(30)28(21-11-7-4-8-12-21)17-19-9-5-3-6-10-19/h3-14,16,20H,15,17-18H2,1-2H3. The third kappa shape index (κ3) is 4.44. The lowest BCUT2D eigenvalue weighted by Crippen LogP contribution is -2.37. The second-order valence-corrected chi connectivity index (χ2v) is 7.69. The van der Waals surface area contributed by atoms with Crippen LogP contribution in [0, 0.1) is 5.92 Å². The Bertz CT molecular complexity index is 1090. The number of hydrogen-bond donors (Lipinski definition) is 0. The number of methoxy groups -OCH3 is 2. The molecular weight excluding hydrogens is 404 g/mol. The first kappa shape index (κ1) is 21.4. The number of nitrogens with zero attached hydrogens (tertiary/aromatic N) is 2. The Morgan fingerprint density at radius 1 is 0.938 bits per heavy atom. The molecule has 1 heterocycles. The summed E-state index contributed by atoms with van der Waals surface area (Å²) in [6.45, 7) is 0.774. The van der Waals surface area contributed by atoms with E-state index in [0.717, 1.165) is 11.3 Å². The third-order valence-electron chi connectivity index (χ3n) is 5.67. The van der Waals surface area contributed by atoms with Crippen LogP contribution < -0.4 is 19.3 Å². The Balaban J connectivity index is 1.58. The predicted octanol–water partition coefficient (Wildman–Crippen LogP) is 4.29. The quantitative estimate of drug-likeness (QED) is 0.561. The van der Waals surface area contributed by atoms with E-state index in [1.54, 1.807) is 36.2 Å². The number of para-hydroxylation sites is 1. The molecule has 2 amide bonds. The van der Waals surface area contributed by atoms with E-state index in [-0.39, 0.29) is 18.2 Å². The molecule has 1 fully saturated rings. The van der Waals surface area contributed by atoms with Gasteiger partial charge in [0.05, 0.1) is 26.7 Å². The van der Waals surface area contributed by atoms with Crippen molar-refractivity contribution >= 4 is 23.2 Å². The maximum atomic E-state index is 13.6. The molecule has 0 N–H and O–H groups in total. The number of hydrogen-bond acceptors (Lipinski definition) is 4. The third-order valence-corrected chi connectivity index (χ3v) is 5.67. The number of benzene rings is 3. The fourth-order valence-electron chi connectivity index (χ4n) is 4.01. The van der Waals surface area contributed by atoms with E-state index < -0.39 is 5.92 Å². The smallest absolute Gasteiger partial charge is 0.232 e. The molecule has 3 aromatic carbocycles. The summed E-state index contributed by atoms with van der Waals surface area (Å²) in [6, 6.07) is 24.8. The predicted molar refractivity (Wildman–Crippen MR) is 124 cm³/mol. The summed E-state index contributed by atoms with van der Waals surface area (Å²) in [5, 5.41) is 0. The molecule has 0 saturated carbocycles. The van der Waals surface area contributed by atoms with Crippen molar-refractivity contribution in [1.82, 2.24) is 0 Å². The van der Waals surface area contributed by atoms with E-state index in [2.05, 4.69) is 0 Å². The molecule has 1 aliphatic heterocycles. The Hall–Kier alpha value is -3.80. The Labute approximate surface area is 188 Å². The Morgan fingerprint density at radius 3 is 2.25 bits per heavy atom. The van der Waals surface area contributed by atoms with Crippen LogP contribution in [0.15, 0.2) is 78.9 Å². The highest BCUT2D eigenvalue weighted by Crippen LogP contribution is 2.35. The van der Waals surface area contributed by atoms with Gasteiger partial charge in [0.2, 0.25) is 11.8 Å². The summed E-state index contributed by atoms with van der Waals surface area (Å²) in [5.74, 6) is 0.565. The lowest BCUT2D eigenvalue weighted by atomic mass is 10.1. The van der Waals surface area contributed by atoms with E-state index in [1.807, 2.05) is 66.7 Å².